The minimum atomic E-state index is -1.58. The molecule has 7 N–H and O–H groups in total. The van der Waals surface area contributed by atoms with Crippen molar-refractivity contribution in [3.8, 4) is 0 Å². The molecule has 50 heavy (non-hydrogen) atoms. The summed E-state index contributed by atoms with van der Waals surface area (Å²) in [4.78, 5) is 12.9. The summed E-state index contributed by atoms with van der Waals surface area (Å²) in [6.07, 6.45) is 15.7. The molecular formula is C40H79NO9. The van der Waals surface area contributed by atoms with E-state index < -0.39 is 61.5 Å². The van der Waals surface area contributed by atoms with Gasteiger partial charge in [0.2, 0.25) is 5.91 Å². The van der Waals surface area contributed by atoms with Gasteiger partial charge in [0.15, 0.2) is 6.29 Å². The van der Waals surface area contributed by atoms with Crippen LogP contribution in [0.1, 0.15) is 175 Å². The summed E-state index contributed by atoms with van der Waals surface area (Å²) >= 11 is 0. The molecule has 0 bridgehead atoms. The zero-order valence-electron chi connectivity index (χ0n) is 32.4. The van der Waals surface area contributed by atoms with Crippen molar-refractivity contribution in [3.63, 3.8) is 0 Å². The summed E-state index contributed by atoms with van der Waals surface area (Å²) in [5.41, 5.74) is 0. The van der Waals surface area contributed by atoms with Gasteiger partial charge in [0.25, 0.3) is 0 Å². The number of amides is 1. The van der Waals surface area contributed by atoms with Crippen LogP contribution in [0.25, 0.3) is 0 Å². The van der Waals surface area contributed by atoms with Gasteiger partial charge in [-0.1, -0.05) is 156 Å². The van der Waals surface area contributed by atoms with Crippen molar-refractivity contribution in [2.24, 2.45) is 11.8 Å². The minimum Gasteiger partial charge on any atom is -0.394 e. The molecule has 0 aromatic carbocycles. The molecule has 1 rings (SSSR count). The van der Waals surface area contributed by atoms with E-state index in [4.69, 9.17) is 9.47 Å². The van der Waals surface area contributed by atoms with Gasteiger partial charge < -0.3 is 45.4 Å². The second-order valence-corrected chi connectivity index (χ2v) is 15.9. The first kappa shape index (κ1) is 47.2. The SMILES string of the molecule is CC(C)CCCCCCCCCCC[C@H](O)CC(=O)N[C@@H](CO[C@H]1OC(CO)[C@H](O)[C@H](O)C1O)[C@H](O)CCCCCCCCCCCC(C)C. The number of aliphatic hydroxyl groups excluding tert-OH is 6. The summed E-state index contributed by atoms with van der Waals surface area (Å²) < 4.78 is 11.2. The second kappa shape index (κ2) is 29.6. The highest BCUT2D eigenvalue weighted by molar-refractivity contribution is 5.76. The second-order valence-electron chi connectivity index (χ2n) is 15.9. The predicted molar refractivity (Wildman–Crippen MR) is 200 cm³/mol. The maximum Gasteiger partial charge on any atom is 0.222 e. The van der Waals surface area contributed by atoms with E-state index in [9.17, 15) is 35.4 Å². The number of unbranched alkanes of at least 4 members (excludes halogenated alkanes) is 16. The van der Waals surface area contributed by atoms with E-state index >= 15 is 0 Å². The van der Waals surface area contributed by atoms with E-state index in [1.54, 1.807) is 0 Å². The van der Waals surface area contributed by atoms with E-state index in [0.717, 1.165) is 56.8 Å². The lowest BCUT2D eigenvalue weighted by Crippen LogP contribution is -2.60. The van der Waals surface area contributed by atoms with Crippen molar-refractivity contribution in [1.29, 1.82) is 0 Å². The van der Waals surface area contributed by atoms with Crippen LogP contribution >= 0.6 is 0 Å². The average Bonchev–Trinajstić information content (AvgIpc) is 3.07. The Hall–Kier alpha value is -0.850. The van der Waals surface area contributed by atoms with Crippen LogP contribution < -0.4 is 5.32 Å². The van der Waals surface area contributed by atoms with Gasteiger partial charge in [-0.25, -0.2) is 0 Å². The van der Waals surface area contributed by atoms with E-state index in [-0.39, 0.29) is 13.0 Å². The number of hydrogen-bond donors (Lipinski definition) is 7. The van der Waals surface area contributed by atoms with Gasteiger partial charge in [-0.2, -0.15) is 0 Å². The third-order valence-corrected chi connectivity index (χ3v) is 10.1. The lowest BCUT2D eigenvalue weighted by atomic mass is 9.99. The van der Waals surface area contributed by atoms with Crippen LogP contribution in [0.3, 0.4) is 0 Å². The Morgan fingerprint density at radius 3 is 1.48 bits per heavy atom. The number of aliphatic hydroxyl groups is 6. The van der Waals surface area contributed by atoms with Crippen LogP contribution in [0.15, 0.2) is 0 Å². The van der Waals surface area contributed by atoms with E-state index in [1.165, 1.54) is 83.5 Å². The fourth-order valence-corrected chi connectivity index (χ4v) is 6.75. The van der Waals surface area contributed by atoms with Gasteiger partial charge >= 0.3 is 0 Å². The lowest BCUT2D eigenvalue weighted by Gasteiger charge is -2.40. The van der Waals surface area contributed by atoms with E-state index in [1.807, 2.05) is 0 Å². The van der Waals surface area contributed by atoms with Crippen LogP contribution in [-0.2, 0) is 14.3 Å². The third-order valence-electron chi connectivity index (χ3n) is 10.1. The Kier molecular flexibility index (Phi) is 27.9. The average molecular weight is 718 g/mol. The van der Waals surface area contributed by atoms with Crippen LogP contribution in [0.4, 0.5) is 0 Å². The molecule has 0 radical (unpaired) electrons. The summed E-state index contributed by atoms with van der Waals surface area (Å²) in [6.45, 7) is 8.29. The molecule has 1 saturated heterocycles. The highest BCUT2D eigenvalue weighted by Gasteiger charge is 2.44. The van der Waals surface area contributed by atoms with E-state index in [2.05, 4.69) is 33.0 Å². The van der Waals surface area contributed by atoms with Crippen molar-refractivity contribution in [1.82, 2.24) is 5.32 Å². The molecule has 0 aromatic heterocycles. The molecular weight excluding hydrogens is 638 g/mol. The van der Waals surface area contributed by atoms with Crippen molar-refractivity contribution in [2.45, 2.75) is 224 Å². The molecule has 0 aliphatic carbocycles. The molecule has 1 heterocycles. The van der Waals surface area contributed by atoms with Gasteiger partial charge in [-0.05, 0) is 24.7 Å². The molecule has 0 aromatic rings. The summed E-state index contributed by atoms with van der Waals surface area (Å²) in [7, 11) is 0. The Bertz CT molecular complexity index is 799. The molecule has 1 aliphatic heterocycles. The van der Waals surface area contributed by atoms with Gasteiger partial charge in [-0.3, -0.25) is 4.79 Å². The van der Waals surface area contributed by atoms with Crippen LogP contribution in [0.2, 0.25) is 0 Å². The number of carbonyl (C=O) groups is 1. The molecule has 8 atom stereocenters. The molecule has 2 unspecified atom stereocenters. The number of nitrogens with one attached hydrogen (secondary N) is 1. The first-order valence-electron chi connectivity index (χ1n) is 20.5. The number of hydrogen-bond acceptors (Lipinski definition) is 9. The Morgan fingerprint density at radius 1 is 0.620 bits per heavy atom. The quantitative estimate of drug-likeness (QED) is 0.0395. The fraction of sp³-hybridized carbons (Fsp3) is 0.975. The molecule has 10 nitrogen and oxygen atoms in total. The number of carbonyl (C=O) groups excluding carboxylic acids is 1. The lowest BCUT2D eigenvalue weighted by molar-refractivity contribution is -0.302. The first-order chi connectivity index (χ1) is 24.0. The monoisotopic (exact) mass is 718 g/mol. The molecule has 298 valence electrons. The van der Waals surface area contributed by atoms with Gasteiger partial charge in [0.1, 0.15) is 24.4 Å². The normalized spacial score (nSPS) is 23.0. The van der Waals surface area contributed by atoms with Crippen molar-refractivity contribution in [3.05, 3.63) is 0 Å². The van der Waals surface area contributed by atoms with E-state index in [0.29, 0.717) is 12.8 Å². The molecule has 1 fully saturated rings. The molecule has 1 amide bonds. The maximum absolute atomic E-state index is 12.9. The highest BCUT2D eigenvalue weighted by Crippen LogP contribution is 2.23. The third kappa shape index (κ3) is 22.9. The smallest absolute Gasteiger partial charge is 0.222 e. The topological polar surface area (TPSA) is 169 Å². The highest BCUT2D eigenvalue weighted by atomic mass is 16.7. The van der Waals surface area contributed by atoms with Gasteiger partial charge in [0, 0.05) is 0 Å². The summed E-state index contributed by atoms with van der Waals surface area (Å²) in [5.74, 6) is 1.17. The molecule has 10 heteroatoms. The largest absolute Gasteiger partial charge is 0.394 e. The summed E-state index contributed by atoms with van der Waals surface area (Å²) in [6, 6.07) is -0.835. The zero-order chi connectivity index (χ0) is 37.1. The number of ether oxygens (including phenoxy) is 2. The Labute approximate surface area is 305 Å². The molecule has 0 saturated carbocycles. The van der Waals surface area contributed by atoms with Crippen LogP contribution in [0, 0.1) is 11.8 Å². The summed E-state index contributed by atoms with van der Waals surface area (Å²) in [5, 5.41) is 64.5. The van der Waals surface area contributed by atoms with Gasteiger partial charge in [-0.15, -0.1) is 0 Å². The number of rotatable bonds is 32. The van der Waals surface area contributed by atoms with Crippen LogP contribution in [-0.4, -0.2) is 98.7 Å². The standard InChI is InChI=1S/C40H79NO9/c1-30(2)23-19-15-11-7-5-9-13-17-21-25-32(43)27-36(45)41-33(29-49-40-39(48)38(47)37(46)35(28-42)50-40)34(44)26-22-18-14-10-6-8-12-16-20-24-31(3)4/h30-35,37-40,42-44,46-48H,5-29H2,1-4H3,(H,41,45)/t32-,33-,34+,35?,37-,38-,39?,40-/m0/s1. The minimum absolute atomic E-state index is 0.0862. The molecule has 0 spiro atoms. The zero-order valence-corrected chi connectivity index (χ0v) is 32.4. The Morgan fingerprint density at radius 2 is 1.04 bits per heavy atom. The first-order valence-corrected chi connectivity index (χ1v) is 20.5. The predicted octanol–water partition coefficient (Wildman–Crippen LogP) is 6.29. The fourth-order valence-electron chi connectivity index (χ4n) is 6.75. The van der Waals surface area contributed by atoms with Gasteiger partial charge in [0.05, 0.1) is 37.9 Å². The van der Waals surface area contributed by atoms with Crippen molar-refractivity contribution in [2.75, 3.05) is 13.2 Å². The molecule has 1 aliphatic rings. The van der Waals surface area contributed by atoms with Crippen molar-refractivity contribution >= 4 is 5.91 Å². The van der Waals surface area contributed by atoms with Crippen molar-refractivity contribution < 1.29 is 44.9 Å². The van der Waals surface area contributed by atoms with Crippen LogP contribution in [0.5, 0.6) is 0 Å². The Balaban J connectivity index is 2.46. The maximum atomic E-state index is 12.9.